The first-order valence-electron chi connectivity index (χ1n) is 7.61. The van der Waals surface area contributed by atoms with Gasteiger partial charge in [0, 0.05) is 5.56 Å². The molecule has 0 saturated heterocycles. The van der Waals surface area contributed by atoms with Crippen molar-refractivity contribution in [2.45, 2.75) is 26.3 Å². The summed E-state index contributed by atoms with van der Waals surface area (Å²) in [4.78, 5) is 8.18. The fraction of sp³-hybridized carbons (Fsp3) is 0.353. The van der Waals surface area contributed by atoms with Gasteiger partial charge in [-0.25, -0.2) is 4.98 Å². The largest absolute Gasteiger partial charge is 0.341 e. The van der Waals surface area contributed by atoms with Gasteiger partial charge in [-0.3, -0.25) is 0 Å². The summed E-state index contributed by atoms with van der Waals surface area (Å²) in [6, 6.07) is 8.44. The molecule has 0 aliphatic carbocycles. The molecule has 22 heavy (non-hydrogen) atoms. The van der Waals surface area contributed by atoms with Gasteiger partial charge in [0.15, 0.2) is 0 Å². The van der Waals surface area contributed by atoms with Crippen LogP contribution < -0.4 is 5.32 Å². The smallest absolute Gasteiger partial charge is 0.124 e. The zero-order valence-corrected chi connectivity index (χ0v) is 13.2. The third-order valence-corrected chi connectivity index (χ3v) is 3.80. The predicted octanol–water partition coefficient (Wildman–Crippen LogP) is 3.33. The van der Waals surface area contributed by atoms with Crippen molar-refractivity contribution in [3.63, 3.8) is 0 Å². The van der Waals surface area contributed by atoms with E-state index >= 15 is 0 Å². The van der Waals surface area contributed by atoms with Gasteiger partial charge in [0.25, 0.3) is 0 Å². The van der Waals surface area contributed by atoms with Crippen molar-refractivity contribution in [2.24, 2.45) is 5.92 Å². The van der Waals surface area contributed by atoms with Gasteiger partial charge in [-0.2, -0.15) is 10.2 Å². The van der Waals surface area contributed by atoms with Crippen LogP contribution in [-0.4, -0.2) is 27.2 Å². The maximum atomic E-state index is 4.73. The Bertz CT molecular complexity index is 748. The van der Waals surface area contributed by atoms with Gasteiger partial charge in [-0.05, 0) is 43.1 Å². The van der Waals surface area contributed by atoms with E-state index in [-0.39, 0.29) is 6.04 Å². The molecule has 3 aromatic rings. The molecule has 114 valence electrons. The van der Waals surface area contributed by atoms with Crippen LogP contribution in [0.3, 0.4) is 0 Å². The molecular formula is C17H21N5. The SMILES string of the molecule is CN[C@H](CC(C)C)c1nc2ccc(-c3ccnnc3)cc2[nH]1. The van der Waals surface area contributed by atoms with Crippen LogP contribution in [0, 0.1) is 5.92 Å². The van der Waals surface area contributed by atoms with Crippen molar-refractivity contribution in [1.29, 1.82) is 0 Å². The van der Waals surface area contributed by atoms with E-state index in [0.29, 0.717) is 5.92 Å². The summed E-state index contributed by atoms with van der Waals surface area (Å²) in [6.07, 6.45) is 4.53. The molecule has 0 fully saturated rings. The van der Waals surface area contributed by atoms with E-state index in [1.165, 1.54) is 0 Å². The first-order valence-corrected chi connectivity index (χ1v) is 7.61. The Labute approximate surface area is 130 Å². The van der Waals surface area contributed by atoms with Crippen LogP contribution in [0.5, 0.6) is 0 Å². The molecule has 1 atom stereocenters. The Morgan fingerprint density at radius 3 is 2.68 bits per heavy atom. The highest BCUT2D eigenvalue weighted by molar-refractivity contribution is 5.81. The second-order valence-corrected chi connectivity index (χ2v) is 5.96. The molecule has 2 N–H and O–H groups in total. The molecule has 5 heteroatoms. The van der Waals surface area contributed by atoms with E-state index in [9.17, 15) is 0 Å². The molecule has 3 rings (SSSR count). The lowest BCUT2D eigenvalue weighted by Crippen LogP contribution is -2.19. The van der Waals surface area contributed by atoms with Crippen LogP contribution in [0.4, 0.5) is 0 Å². The number of aromatic amines is 1. The number of nitrogens with zero attached hydrogens (tertiary/aromatic N) is 3. The second kappa shape index (κ2) is 6.23. The van der Waals surface area contributed by atoms with Crippen molar-refractivity contribution >= 4 is 11.0 Å². The third kappa shape index (κ3) is 2.99. The molecule has 0 aliphatic heterocycles. The number of fused-ring (bicyclic) bond motifs is 1. The quantitative estimate of drug-likeness (QED) is 0.757. The summed E-state index contributed by atoms with van der Waals surface area (Å²) in [5.41, 5.74) is 4.21. The lowest BCUT2D eigenvalue weighted by molar-refractivity contribution is 0.443. The van der Waals surface area contributed by atoms with Crippen molar-refractivity contribution in [2.75, 3.05) is 7.05 Å². The maximum Gasteiger partial charge on any atom is 0.124 e. The first-order chi connectivity index (χ1) is 10.7. The number of rotatable bonds is 5. The van der Waals surface area contributed by atoms with Crippen molar-refractivity contribution in [3.05, 3.63) is 42.5 Å². The van der Waals surface area contributed by atoms with E-state index in [0.717, 1.165) is 34.4 Å². The molecule has 0 aliphatic rings. The van der Waals surface area contributed by atoms with E-state index in [1.807, 2.05) is 19.2 Å². The molecule has 0 amide bonds. The van der Waals surface area contributed by atoms with Crippen LogP contribution in [0.15, 0.2) is 36.7 Å². The number of hydrogen-bond donors (Lipinski definition) is 2. The molecule has 1 aromatic carbocycles. The Morgan fingerprint density at radius 1 is 1.14 bits per heavy atom. The number of nitrogens with one attached hydrogen (secondary N) is 2. The lowest BCUT2D eigenvalue weighted by Gasteiger charge is -2.15. The van der Waals surface area contributed by atoms with Gasteiger partial charge in [-0.15, -0.1) is 0 Å². The Hall–Kier alpha value is -2.27. The number of hydrogen-bond acceptors (Lipinski definition) is 4. The number of imidazole rings is 1. The minimum Gasteiger partial charge on any atom is -0.341 e. The topological polar surface area (TPSA) is 66.5 Å². The van der Waals surface area contributed by atoms with Crippen LogP contribution in [0.1, 0.15) is 32.1 Å². The second-order valence-electron chi connectivity index (χ2n) is 5.96. The summed E-state index contributed by atoms with van der Waals surface area (Å²) in [7, 11) is 1.98. The zero-order valence-electron chi connectivity index (χ0n) is 13.2. The summed E-state index contributed by atoms with van der Waals surface area (Å²) < 4.78 is 0. The molecule has 0 radical (unpaired) electrons. The Morgan fingerprint density at radius 2 is 2.00 bits per heavy atom. The summed E-state index contributed by atoms with van der Waals surface area (Å²) in [5.74, 6) is 1.61. The van der Waals surface area contributed by atoms with Crippen molar-refractivity contribution in [3.8, 4) is 11.1 Å². The summed E-state index contributed by atoms with van der Waals surface area (Å²) in [5, 5.41) is 11.1. The average molecular weight is 295 g/mol. The Kier molecular flexibility index (Phi) is 4.15. The monoisotopic (exact) mass is 295 g/mol. The molecule has 2 heterocycles. The van der Waals surface area contributed by atoms with E-state index in [2.05, 4.69) is 46.5 Å². The van der Waals surface area contributed by atoms with Crippen LogP contribution in [-0.2, 0) is 0 Å². The minimum absolute atomic E-state index is 0.249. The van der Waals surface area contributed by atoms with Gasteiger partial charge in [0.1, 0.15) is 5.82 Å². The molecular weight excluding hydrogens is 274 g/mol. The van der Waals surface area contributed by atoms with Gasteiger partial charge in [-0.1, -0.05) is 19.9 Å². The highest BCUT2D eigenvalue weighted by Gasteiger charge is 2.15. The molecule has 0 bridgehead atoms. The average Bonchev–Trinajstić information content (AvgIpc) is 2.96. The van der Waals surface area contributed by atoms with Crippen molar-refractivity contribution in [1.82, 2.24) is 25.5 Å². The number of benzene rings is 1. The lowest BCUT2D eigenvalue weighted by atomic mass is 10.0. The number of aromatic nitrogens is 4. The molecule has 2 aromatic heterocycles. The fourth-order valence-corrected chi connectivity index (χ4v) is 2.67. The maximum absolute atomic E-state index is 4.73. The van der Waals surface area contributed by atoms with Gasteiger partial charge >= 0.3 is 0 Å². The minimum atomic E-state index is 0.249. The van der Waals surface area contributed by atoms with E-state index in [4.69, 9.17) is 4.98 Å². The molecule has 0 saturated carbocycles. The summed E-state index contributed by atoms with van der Waals surface area (Å²) in [6.45, 7) is 4.45. The normalized spacial score (nSPS) is 12.9. The zero-order chi connectivity index (χ0) is 15.5. The van der Waals surface area contributed by atoms with Crippen molar-refractivity contribution < 1.29 is 0 Å². The predicted molar refractivity (Wildman–Crippen MR) is 88.4 cm³/mol. The first kappa shape index (κ1) is 14.7. The third-order valence-electron chi connectivity index (χ3n) is 3.80. The van der Waals surface area contributed by atoms with Crippen LogP contribution in [0.2, 0.25) is 0 Å². The van der Waals surface area contributed by atoms with E-state index < -0.39 is 0 Å². The Balaban J connectivity index is 1.96. The standard InChI is InChI=1S/C17H21N5/c1-11(2)8-16(18-3)17-21-14-5-4-12(9-15(14)22-17)13-6-7-19-20-10-13/h4-7,9-11,16,18H,8H2,1-3H3,(H,21,22)/t16-/m1/s1. The molecule has 0 unspecified atom stereocenters. The van der Waals surface area contributed by atoms with Crippen LogP contribution >= 0.6 is 0 Å². The molecule has 5 nitrogen and oxygen atoms in total. The van der Waals surface area contributed by atoms with E-state index in [1.54, 1.807) is 12.4 Å². The van der Waals surface area contributed by atoms with Crippen LogP contribution in [0.25, 0.3) is 22.2 Å². The van der Waals surface area contributed by atoms with Gasteiger partial charge < -0.3 is 10.3 Å². The fourth-order valence-electron chi connectivity index (χ4n) is 2.67. The van der Waals surface area contributed by atoms with Gasteiger partial charge in [0.05, 0.1) is 29.5 Å². The number of H-pyrrole nitrogens is 1. The van der Waals surface area contributed by atoms with Gasteiger partial charge in [0.2, 0.25) is 0 Å². The molecule has 0 spiro atoms. The summed E-state index contributed by atoms with van der Waals surface area (Å²) >= 11 is 0. The highest BCUT2D eigenvalue weighted by atomic mass is 15.1. The highest BCUT2D eigenvalue weighted by Crippen LogP contribution is 2.25.